The van der Waals surface area contributed by atoms with Crippen LogP contribution < -0.4 is 5.73 Å². The van der Waals surface area contributed by atoms with Gasteiger partial charge in [0.25, 0.3) is 0 Å². The summed E-state index contributed by atoms with van der Waals surface area (Å²) in [5.74, 6) is 0. The van der Waals surface area contributed by atoms with Crippen LogP contribution in [0.4, 0.5) is 0 Å². The van der Waals surface area contributed by atoms with Crippen LogP contribution in [0.2, 0.25) is 5.02 Å². The number of halogens is 1. The predicted octanol–water partition coefficient (Wildman–Crippen LogP) is 1.34. The highest BCUT2D eigenvalue weighted by molar-refractivity contribution is 6.30. The van der Waals surface area contributed by atoms with Gasteiger partial charge in [0.15, 0.2) is 0 Å². The Bertz CT molecular complexity index is 424. The predicted molar refractivity (Wildman–Crippen MR) is 82.9 cm³/mol. The number of β-amino-alcohol motifs (C(OH)–C–C–N with tert-alkyl or cyclic N) is 1. The summed E-state index contributed by atoms with van der Waals surface area (Å²) in [7, 11) is 4.12. The molecule has 1 aromatic rings. The number of hydrogen-bond acceptors (Lipinski definition) is 4. The first-order valence-corrected chi connectivity index (χ1v) is 7.43. The monoisotopic (exact) mass is 297 g/mol. The van der Waals surface area contributed by atoms with Gasteiger partial charge in [-0.1, -0.05) is 23.7 Å². The summed E-state index contributed by atoms with van der Waals surface area (Å²) in [6, 6.07) is 8.31. The summed E-state index contributed by atoms with van der Waals surface area (Å²) in [4.78, 5) is 4.49. The highest BCUT2D eigenvalue weighted by atomic mass is 35.5. The number of aliphatic hydroxyl groups excluding tert-OH is 1. The zero-order valence-electron chi connectivity index (χ0n) is 12.2. The van der Waals surface area contributed by atoms with E-state index in [0.29, 0.717) is 19.1 Å². The molecule has 0 amide bonds. The third-order valence-electron chi connectivity index (χ3n) is 3.89. The molecule has 3 N–H and O–H groups in total. The summed E-state index contributed by atoms with van der Waals surface area (Å²) < 4.78 is 0. The van der Waals surface area contributed by atoms with Gasteiger partial charge in [0, 0.05) is 36.7 Å². The number of likely N-dealkylation sites (N-methyl/N-ethyl adjacent to an activating group) is 1. The fourth-order valence-electron chi connectivity index (χ4n) is 3.05. The Hall–Kier alpha value is -0.650. The number of nitrogens with zero attached hydrogens (tertiary/aromatic N) is 2. The van der Waals surface area contributed by atoms with Crippen LogP contribution in [0.15, 0.2) is 24.3 Å². The van der Waals surface area contributed by atoms with Gasteiger partial charge in [-0.05, 0) is 38.2 Å². The minimum Gasteiger partial charge on any atom is -0.392 e. The molecule has 1 saturated heterocycles. The van der Waals surface area contributed by atoms with Crippen molar-refractivity contribution in [2.24, 2.45) is 5.73 Å². The summed E-state index contributed by atoms with van der Waals surface area (Å²) >= 11 is 5.95. The largest absolute Gasteiger partial charge is 0.392 e. The minimum atomic E-state index is -0.263. The molecule has 0 saturated carbocycles. The van der Waals surface area contributed by atoms with Crippen LogP contribution in [0.1, 0.15) is 18.0 Å². The molecular formula is C15H24ClN3O. The van der Waals surface area contributed by atoms with Crippen molar-refractivity contribution >= 4 is 11.6 Å². The van der Waals surface area contributed by atoms with Gasteiger partial charge in [0.1, 0.15) is 0 Å². The molecule has 0 spiro atoms. The molecule has 112 valence electrons. The first kappa shape index (κ1) is 15.7. The molecule has 1 aliphatic heterocycles. The van der Waals surface area contributed by atoms with E-state index in [1.54, 1.807) is 0 Å². The van der Waals surface area contributed by atoms with Crippen LogP contribution in [0.3, 0.4) is 0 Å². The molecule has 2 rings (SSSR count). The number of likely N-dealkylation sites (tertiary alicyclic amines) is 1. The molecule has 1 aromatic carbocycles. The van der Waals surface area contributed by atoms with Crippen molar-refractivity contribution in [1.82, 2.24) is 9.80 Å². The van der Waals surface area contributed by atoms with Crippen LogP contribution in [-0.2, 0) is 0 Å². The molecule has 1 fully saturated rings. The van der Waals surface area contributed by atoms with E-state index in [4.69, 9.17) is 17.3 Å². The van der Waals surface area contributed by atoms with Gasteiger partial charge in [-0.3, -0.25) is 4.90 Å². The Morgan fingerprint density at radius 3 is 2.60 bits per heavy atom. The fourth-order valence-corrected chi connectivity index (χ4v) is 3.17. The number of hydrogen-bond donors (Lipinski definition) is 2. The maximum Gasteiger partial charge on any atom is 0.0682 e. The van der Waals surface area contributed by atoms with E-state index in [1.165, 1.54) is 0 Å². The third-order valence-corrected chi connectivity index (χ3v) is 4.14. The van der Waals surface area contributed by atoms with E-state index in [9.17, 15) is 5.11 Å². The van der Waals surface area contributed by atoms with Crippen molar-refractivity contribution < 1.29 is 5.11 Å². The molecule has 1 aliphatic rings. The molecule has 1 heterocycles. The second-order valence-electron chi connectivity index (χ2n) is 5.81. The molecule has 3 atom stereocenters. The van der Waals surface area contributed by atoms with Gasteiger partial charge in [-0.15, -0.1) is 0 Å². The zero-order valence-corrected chi connectivity index (χ0v) is 12.9. The third kappa shape index (κ3) is 3.71. The Morgan fingerprint density at radius 2 is 2.05 bits per heavy atom. The molecule has 0 aliphatic carbocycles. The topological polar surface area (TPSA) is 52.7 Å². The van der Waals surface area contributed by atoms with Crippen LogP contribution in [0.25, 0.3) is 0 Å². The van der Waals surface area contributed by atoms with Crippen molar-refractivity contribution in [1.29, 1.82) is 0 Å². The van der Waals surface area contributed by atoms with Crippen molar-refractivity contribution in [3.05, 3.63) is 34.9 Å². The van der Waals surface area contributed by atoms with E-state index in [1.807, 2.05) is 24.3 Å². The molecule has 4 nitrogen and oxygen atoms in total. The molecule has 0 radical (unpaired) electrons. The lowest BCUT2D eigenvalue weighted by molar-refractivity contribution is 0.139. The Kier molecular flexibility index (Phi) is 5.41. The SMILES string of the molecule is CN(C)CC1CC(O)CN1C(CN)c1ccc(Cl)cc1. The zero-order chi connectivity index (χ0) is 14.7. The summed E-state index contributed by atoms with van der Waals surface area (Å²) in [5, 5.41) is 10.7. The van der Waals surface area contributed by atoms with Gasteiger partial charge < -0.3 is 15.7 Å². The van der Waals surface area contributed by atoms with Crippen LogP contribution in [-0.4, -0.2) is 60.8 Å². The van der Waals surface area contributed by atoms with Gasteiger partial charge in [-0.25, -0.2) is 0 Å². The molecule has 3 unspecified atom stereocenters. The Labute approximate surface area is 126 Å². The number of benzene rings is 1. The molecule has 20 heavy (non-hydrogen) atoms. The van der Waals surface area contributed by atoms with E-state index in [2.05, 4.69) is 23.9 Å². The van der Waals surface area contributed by atoms with E-state index < -0.39 is 0 Å². The van der Waals surface area contributed by atoms with Crippen LogP contribution >= 0.6 is 11.6 Å². The number of nitrogens with two attached hydrogens (primary N) is 1. The molecule has 0 aromatic heterocycles. The van der Waals surface area contributed by atoms with Crippen molar-refractivity contribution in [3.8, 4) is 0 Å². The van der Waals surface area contributed by atoms with Gasteiger partial charge >= 0.3 is 0 Å². The highest BCUT2D eigenvalue weighted by Gasteiger charge is 2.35. The van der Waals surface area contributed by atoms with Crippen molar-refractivity contribution in [3.63, 3.8) is 0 Å². The first-order valence-electron chi connectivity index (χ1n) is 7.05. The summed E-state index contributed by atoms with van der Waals surface area (Å²) in [6.07, 6.45) is 0.545. The number of aliphatic hydroxyl groups is 1. The normalized spacial score (nSPS) is 25.3. The van der Waals surface area contributed by atoms with Crippen molar-refractivity contribution in [2.45, 2.75) is 24.6 Å². The van der Waals surface area contributed by atoms with E-state index >= 15 is 0 Å². The highest BCUT2D eigenvalue weighted by Crippen LogP contribution is 2.30. The van der Waals surface area contributed by atoms with Crippen LogP contribution in [0.5, 0.6) is 0 Å². The van der Waals surface area contributed by atoms with E-state index in [0.717, 1.165) is 23.6 Å². The van der Waals surface area contributed by atoms with E-state index in [-0.39, 0.29) is 12.1 Å². The average Bonchev–Trinajstić information content (AvgIpc) is 2.73. The minimum absolute atomic E-state index is 0.134. The smallest absolute Gasteiger partial charge is 0.0682 e. The molecule has 5 heteroatoms. The Balaban J connectivity index is 2.18. The van der Waals surface area contributed by atoms with Gasteiger partial charge in [-0.2, -0.15) is 0 Å². The first-order chi connectivity index (χ1) is 9.51. The standard InChI is InChI=1S/C15H24ClN3O/c1-18(2)9-13-7-14(20)10-19(13)15(8-17)11-3-5-12(16)6-4-11/h3-6,13-15,20H,7-10,17H2,1-2H3. The lowest BCUT2D eigenvalue weighted by Gasteiger charge is -2.33. The second kappa shape index (κ2) is 6.87. The summed E-state index contributed by atoms with van der Waals surface area (Å²) in [5.41, 5.74) is 7.15. The second-order valence-corrected chi connectivity index (χ2v) is 6.24. The maximum absolute atomic E-state index is 10.00. The number of rotatable bonds is 5. The fraction of sp³-hybridized carbons (Fsp3) is 0.600. The maximum atomic E-state index is 10.00. The lowest BCUT2D eigenvalue weighted by atomic mass is 10.0. The summed E-state index contributed by atoms with van der Waals surface area (Å²) in [6.45, 7) is 2.16. The van der Waals surface area contributed by atoms with Crippen molar-refractivity contribution in [2.75, 3.05) is 33.7 Å². The average molecular weight is 298 g/mol. The Morgan fingerprint density at radius 1 is 1.40 bits per heavy atom. The van der Waals surface area contributed by atoms with Gasteiger partial charge in [0.05, 0.1) is 6.10 Å². The lowest BCUT2D eigenvalue weighted by Crippen LogP contribution is -2.42. The van der Waals surface area contributed by atoms with Gasteiger partial charge in [0.2, 0.25) is 0 Å². The molecular weight excluding hydrogens is 274 g/mol. The van der Waals surface area contributed by atoms with Crippen LogP contribution in [0, 0.1) is 0 Å². The molecule has 0 bridgehead atoms. The quantitative estimate of drug-likeness (QED) is 0.861.